The molecule has 0 N–H and O–H groups in total. The van der Waals surface area contributed by atoms with Gasteiger partial charge in [0.05, 0.1) is 6.54 Å². The minimum atomic E-state index is 0.282. The largest absolute Gasteiger partial charge is 0.344 e. The van der Waals surface area contributed by atoms with Crippen LogP contribution < -0.4 is 0 Å². The zero-order chi connectivity index (χ0) is 12.0. The van der Waals surface area contributed by atoms with E-state index in [1.807, 2.05) is 11.9 Å². The molecule has 16 heavy (non-hydrogen) atoms. The first kappa shape index (κ1) is 13.5. The molecule has 1 fully saturated rings. The van der Waals surface area contributed by atoms with Gasteiger partial charge in [0.25, 0.3) is 0 Å². The summed E-state index contributed by atoms with van der Waals surface area (Å²) in [6, 6.07) is 0. The first-order valence-electron chi connectivity index (χ1n) is 6.63. The Kier molecular flexibility index (Phi) is 5.81. The fraction of sp³-hybridized carbons (Fsp3) is 0.923. The van der Waals surface area contributed by atoms with Crippen molar-refractivity contribution in [1.29, 1.82) is 0 Å². The lowest BCUT2D eigenvalue weighted by atomic mass is 10.3. The number of hydrogen-bond donors (Lipinski definition) is 0. The first-order valence-corrected chi connectivity index (χ1v) is 6.63. The van der Waals surface area contributed by atoms with Crippen LogP contribution in [0.2, 0.25) is 0 Å². The predicted octanol–water partition coefficient (Wildman–Crippen LogP) is 1.98. The van der Waals surface area contributed by atoms with Gasteiger partial charge in [-0.1, -0.05) is 20.3 Å². The molecular formula is C13H26N2O. The van der Waals surface area contributed by atoms with Gasteiger partial charge in [0.2, 0.25) is 5.91 Å². The number of amides is 1. The molecule has 1 amide bonds. The summed E-state index contributed by atoms with van der Waals surface area (Å²) in [6.45, 7) is 7.90. The van der Waals surface area contributed by atoms with Gasteiger partial charge in [-0.3, -0.25) is 9.69 Å². The van der Waals surface area contributed by atoms with Crippen molar-refractivity contribution < 1.29 is 4.79 Å². The van der Waals surface area contributed by atoms with E-state index in [0.717, 1.165) is 25.6 Å². The number of unbranched alkanes of at least 4 members (excludes halogenated alkanes) is 1. The zero-order valence-electron chi connectivity index (χ0n) is 11.0. The van der Waals surface area contributed by atoms with Crippen molar-refractivity contribution >= 4 is 5.91 Å². The molecule has 0 aromatic heterocycles. The summed E-state index contributed by atoms with van der Waals surface area (Å²) in [5.74, 6) is 1.07. The Balaban J connectivity index is 2.22. The van der Waals surface area contributed by atoms with Crippen molar-refractivity contribution in [3.8, 4) is 0 Å². The third-order valence-electron chi connectivity index (χ3n) is 3.29. The lowest BCUT2D eigenvalue weighted by Gasteiger charge is -2.23. The van der Waals surface area contributed by atoms with Crippen molar-refractivity contribution in [2.45, 2.75) is 39.5 Å². The maximum absolute atomic E-state index is 11.9. The maximum Gasteiger partial charge on any atom is 0.236 e. The lowest BCUT2D eigenvalue weighted by molar-refractivity contribution is -0.131. The van der Waals surface area contributed by atoms with Crippen LogP contribution in [-0.2, 0) is 4.79 Å². The summed E-state index contributed by atoms with van der Waals surface area (Å²) >= 11 is 0. The van der Waals surface area contributed by atoms with E-state index < -0.39 is 0 Å². The number of likely N-dealkylation sites (N-methyl/N-ethyl adjacent to an activating group) is 2. The Labute approximate surface area is 99.8 Å². The van der Waals surface area contributed by atoms with Crippen LogP contribution in [0.15, 0.2) is 0 Å². The molecule has 0 atom stereocenters. The van der Waals surface area contributed by atoms with E-state index in [-0.39, 0.29) is 5.91 Å². The molecule has 0 aliphatic heterocycles. The second-order valence-corrected chi connectivity index (χ2v) is 4.94. The van der Waals surface area contributed by atoms with Gasteiger partial charge in [-0.25, -0.2) is 0 Å². The standard InChI is InChI=1S/C13H26N2O/c1-4-6-9-15(5-2)11-13(16)14(3)10-12-7-8-12/h12H,4-11H2,1-3H3. The summed E-state index contributed by atoms with van der Waals surface area (Å²) < 4.78 is 0. The molecule has 1 rings (SSSR count). The molecule has 94 valence electrons. The molecule has 0 radical (unpaired) electrons. The van der Waals surface area contributed by atoms with E-state index in [1.54, 1.807) is 0 Å². The zero-order valence-corrected chi connectivity index (χ0v) is 11.0. The summed E-state index contributed by atoms with van der Waals surface area (Å²) in [4.78, 5) is 16.1. The summed E-state index contributed by atoms with van der Waals surface area (Å²) in [7, 11) is 1.94. The minimum Gasteiger partial charge on any atom is -0.344 e. The van der Waals surface area contributed by atoms with Crippen molar-refractivity contribution in [3.05, 3.63) is 0 Å². The second-order valence-electron chi connectivity index (χ2n) is 4.94. The van der Waals surface area contributed by atoms with E-state index >= 15 is 0 Å². The highest BCUT2D eigenvalue weighted by molar-refractivity contribution is 5.78. The number of hydrogen-bond acceptors (Lipinski definition) is 2. The Hall–Kier alpha value is -0.570. The summed E-state index contributed by atoms with van der Waals surface area (Å²) in [5, 5.41) is 0. The number of carbonyl (C=O) groups excluding carboxylic acids is 1. The van der Waals surface area contributed by atoms with Gasteiger partial charge >= 0.3 is 0 Å². The van der Waals surface area contributed by atoms with Crippen molar-refractivity contribution in [1.82, 2.24) is 9.80 Å². The Bertz CT molecular complexity index is 214. The number of nitrogens with zero attached hydrogens (tertiary/aromatic N) is 2. The molecule has 0 saturated heterocycles. The molecule has 0 bridgehead atoms. The predicted molar refractivity (Wildman–Crippen MR) is 67.4 cm³/mol. The smallest absolute Gasteiger partial charge is 0.236 e. The highest BCUT2D eigenvalue weighted by atomic mass is 16.2. The molecular weight excluding hydrogens is 200 g/mol. The lowest BCUT2D eigenvalue weighted by Crippen LogP contribution is -2.39. The van der Waals surface area contributed by atoms with Crippen LogP contribution in [0.1, 0.15) is 39.5 Å². The van der Waals surface area contributed by atoms with Gasteiger partial charge in [0.15, 0.2) is 0 Å². The Morgan fingerprint density at radius 1 is 1.31 bits per heavy atom. The molecule has 0 unspecified atom stereocenters. The van der Waals surface area contributed by atoms with Gasteiger partial charge in [0.1, 0.15) is 0 Å². The van der Waals surface area contributed by atoms with E-state index in [9.17, 15) is 4.79 Å². The van der Waals surface area contributed by atoms with E-state index in [0.29, 0.717) is 6.54 Å². The van der Waals surface area contributed by atoms with Crippen molar-refractivity contribution in [2.75, 3.05) is 33.2 Å². The quantitative estimate of drug-likeness (QED) is 0.632. The summed E-state index contributed by atoms with van der Waals surface area (Å²) in [6.07, 6.45) is 5.01. The van der Waals surface area contributed by atoms with Crippen LogP contribution >= 0.6 is 0 Å². The van der Waals surface area contributed by atoms with Gasteiger partial charge in [-0.2, -0.15) is 0 Å². The minimum absolute atomic E-state index is 0.282. The van der Waals surface area contributed by atoms with Gasteiger partial charge < -0.3 is 4.90 Å². The number of rotatable bonds is 8. The van der Waals surface area contributed by atoms with Crippen LogP contribution in [0.25, 0.3) is 0 Å². The fourth-order valence-corrected chi connectivity index (χ4v) is 1.83. The van der Waals surface area contributed by atoms with Gasteiger partial charge in [-0.15, -0.1) is 0 Å². The Morgan fingerprint density at radius 3 is 2.50 bits per heavy atom. The number of carbonyl (C=O) groups is 1. The van der Waals surface area contributed by atoms with E-state index in [4.69, 9.17) is 0 Å². The van der Waals surface area contributed by atoms with Crippen LogP contribution in [0.5, 0.6) is 0 Å². The molecule has 3 heteroatoms. The van der Waals surface area contributed by atoms with Crippen molar-refractivity contribution in [3.63, 3.8) is 0 Å². The third-order valence-corrected chi connectivity index (χ3v) is 3.29. The van der Waals surface area contributed by atoms with Gasteiger partial charge in [0, 0.05) is 13.6 Å². The van der Waals surface area contributed by atoms with E-state index in [2.05, 4.69) is 18.7 Å². The topological polar surface area (TPSA) is 23.6 Å². The molecule has 1 saturated carbocycles. The molecule has 0 spiro atoms. The normalized spacial score (nSPS) is 15.5. The molecule has 1 aliphatic rings. The highest BCUT2D eigenvalue weighted by Gasteiger charge is 2.25. The maximum atomic E-state index is 11.9. The van der Waals surface area contributed by atoms with Crippen LogP contribution in [-0.4, -0.2) is 48.9 Å². The van der Waals surface area contributed by atoms with Crippen LogP contribution in [0.4, 0.5) is 0 Å². The molecule has 3 nitrogen and oxygen atoms in total. The molecule has 0 aromatic carbocycles. The molecule has 1 aliphatic carbocycles. The van der Waals surface area contributed by atoms with Gasteiger partial charge in [-0.05, 0) is 38.3 Å². The first-order chi connectivity index (χ1) is 7.67. The highest BCUT2D eigenvalue weighted by Crippen LogP contribution is 2.29. The average molecular weight is 226 g/mol. The van der Waals surface area contributed by atoms with Crippen LogP contribution in [0, 0.1) is 5.92 Å². The SMILES string of the molecule is CCCCN(CC)CC(=O)N(C)CC1CC1. The van der Waals surface area contributed by atoms with E-state index in [1.165, 1.54) is 25.7 Å². The monoisotopic (exact) mass is 226 g/mol. The third kappa shape index (κ3) is 4.97. The molecule has 0 heterocycles. The Morgan fingerprint density at radius 2 is 2.00 bits per heavy atom. The summed E-state index contributed by atoms with van der Waals surface area (Å²) in [5.41, 5.74) is 0. The molecule has 0 aromatic rings. The van der Waals surface area contributed by atoms with Crippen molar-refractivity contribution in [2.24, 2.45) is 5.92 Å². The fourth-order valence-electron chi connectivity index (χ4n) is 1.83. The van der Waals surface area contributed by atoms with Crippen LogP contribution in [0.3, 0.4) is 0 Å². The average Bonchev–Trinajstić information content (AvgIpc) is 3.07. The second kappa shape index (κ2) is 6.89.